The fourth-order valence-corrected chi connectivity index (χ4v) is 4.11. The summed E-state index contributed by atoms with van der Waals surface area (Å²) in [7, 11) is 0. The first-order valence-corrected chi connectivity index (χ1v) is 10.5. The molecule has 31 heavy (non-hydrogen) atoms. The molecule has 1 fully saturated rings. The highest BCUT2D eigenvalue weighted by molar-refractivity contribution is 8.26. The number of nitro groups is 1. The van der Waals surface area contributed by atoms with Gasteiger partial charge in [-0.05, 0) is 37.3 Å². The number of para-hydroxylation sites is 1. The van der Waals surface area contributed by atoms with Gasteiger partial charge >= 0.3 is 5.69 Å². The molecule has 1 amide bonds. The van der Waals surface area contributed by atoms with E-state index >= 15 is 0 Å². The minimum absolute atomic E-state index is 0.152. The summed E-state index contributed by atoms with van der Waals surface area (Å²) in [5.74, 6) is -0.0965. The summed E-state index contributed by atoms with van der Waals surface area (Å²) in [6.07, 6.45) is 3.46. The predicted octanol–water partition coefficient (Wildman–Crippen LogP) is 4.34. The zero-order valence-corrected chi connectivity index (χ0v) is 17.9. The third-order valence-electron chi connectivity index (χ3n) is 4.42. The van der Waals surface area contributed by atoms with Crippen LogP contribution in [0.25, 0.3) is 23.0 Å². The van der Waals surface area contributed by atoms with Crippen LogP contribution in [0.15, 0.2) is 59.6 Å². The van der Waals surface area contributed by atoms with Gasteiger partial charge in [0.25, 0.3) is 5.91 Å². The molecule has 156 valence electrons. The van der Waals surface area contributed by atoms with E-state index in [1.165, 1.54) is 6.07 Å². The lowest BCUT2D eigenvalue weighted by atomic mass is 10.1. The maximum Gasteiger partial charge on any atom is 0.311 e. The van der Waals surface area contributed by atoms with E-state index in [0.29, 0.717) is 32.7 Å². The largest absolute Gasteiger partial charge is 0.487 e. The molecule has 0 aliphatic carbocycles. The highest BCUT2D eigenvalue weighted by atomic mass is 32.2. The first kappa shape index (κ1) is 20.8. The van der Waals surface area contributed by atoms with Gasteiger partial charge in [0.15, 0.2) is 5.75 Å². The summed E-state index contributed by atoms with van der Waals surface area (Å²) in [4.78, 5) is 23.7. The number of benzene rings is 2. The number of carbonyl (C=O) groups excluding carboxylic acids is 1. The third-order valence-corrected chi connectivity index (χ3v) is 5.58. The number of ether oxygens (including phenoxy) is 1. The SMILES string of the molecule is CCOc1ccc(-c2nn(-c3ccccc3)cc2/C=C2\SC(=S)NC2=O)cc1[N+](=O)[O-]. The van der Waals surface area contributed by atoms with E-state index < -0.39 is 4.92 Å². The van der Waals surface area contributed by atoms with E-state index in [-0.39, 0.29) is 17.3 Å². The number of rotatable bonds is 6. The van der Waals surface area contributed by atoms with Crippen molar-refractivity contribution in [1.29, 1.82) is 0 Å². The number of thioether (sulfide) groups is 1. The number of nitrogens with zero attached hydrogens (tertiary/aromatic N) is 3. The van der Waals surface area contributed by atoms with E-state index in [4.69, 9.17) is 17.0 Å². The number of hydrogen-bond donors (Lipinski definition) is 1. The van der Waals surface area contributed by atoms with Crippen LogP contribution < -0.4 is 10.1 Å². The van der Waals surface area contributed by atoms with Crippen molar-refractivity contribution in [2.45, 2.75) is 6.92 Å². The molecule has 1 saturated heterocycles. The molecule has 0 unspecified atom stereocenters. The van der Waals surface area contributed by atoms with E-state index in [1.807, 2.05) is 30.3 Å². The van der Waals surface area contributed by atoms with Gasteiger partial charge in [-0.15, -0.1) is 0 Å². The van der Waals surface area contributed by atoms with Gasteiger partial charge in [-0.25, -0.2) is 4.68 Å². The number of nitrogens with one attached hydrogen (secondary N) is 1. The van der Waals surface area contributed by atoms with Gasteiger partial charge in [-0.1, -0.05) is 42.2 Å². The van der Waals surface area contributed by atoms with Gasteiger partial charge in [-0.2, -0.15) is 5.10 Å². The Labute approximate surface area is 187 Å². The lowest BCUT2D eigenvalue weighted by Crippen LogP contribution is -2.17. The smallest absolute Gasteiger partial charge is 0.311 e. The monoisotopic (exact) mass is 452 g/mol. The summed E-state index contributed by atoms with van der Waals surface area (Å²) < 4.78 is 7.42. The first-order valence-electron chi connectivity index (χ1n) is 9.28. The molecule has 8 nitrogen and oxygen atoms in total. The Balaban J connectivity index is 1.86. The van der Waals surface area contributed by atoms with Crippen LogP contribution in [0.1, 0.15) is 12.5 Å². The standard InChI is InChI=1S/C21H16N4O4S2/c1-2-29-17-9-8-13(10-16(17)25(27)28)19-14(11-18-20(26)22-21(30)31-18)12-24(23-19)15-6-4-3-5-7-15/h3-12H,2H2,1H3,(H,22,26,30)/b18-11-. The third kappa shape index (κ3) is 4.35. The van der Waals surface area contributed by atoms with Crippen LogP contribution in [0.4, 0.5) is 5.69 Å². The lowest BCUT2D eigenvalue weighted by molar-refractivity contribution is -0.385. The van der Waals surface area contributed by atoms with Crippen LogP contribution in [0.2, 0.25) is 0 Å². The average Bonchev–Trinajstić information content (AvgIpc) is 3.32. The second-order valence-corrected chi connectivity index (χ2v) is 8.16. The molecular weight excluding hydrogens is 436 g/mol. The first-order chi connectivity index (χ1) is 15.0. The fraction of sp³-hybridized carbons (Fsp3) is 0.0952. The Kier molecular flexibility index (Phi) is 5.83. The van der Waals surface area contributed by atoms with Crippen LogP contribution in [0.5, 0.6) is 5.75 Å². The zero-order chi connectivity index (χ0) is 22.0. The van der Waals surface area contributed by atoms with Crippen molar-refractivity contribution >= 4 is 46.0 Å². The van der Waals surface area contributed by atoms with E-state index in [2.05, 4.69) is 10.4 Å². The van der Waals surface area contributed by atoms with Crippen molar-refractivity contribution in [1.82, 2.24) is 15.1 Å². The second-order valence-electron chi connectivity index (χ2n) is 6.44. The quantitative estimate of drug-likeness (QED) is 0.257. The maximum atomic E-state index is 12.2. The molecule has 1 aromatic heterocycles. The number of carbonyl (C=O) groups is 1. The molecule has 1 aliphatic heterocycles. The molecule has 2 heterocycles. The van der Waals surface area contributed by atoms with Gasteiger partial charge in [0.2, 0.25) is 0 Å². The van der Waals surface area contributed by atoms with Crippen molar-refractivity contribution < 1.29 is 14.5 Å². The van der Waals surface area contributed by atoms with Gasteiger partial charge in [0.1, 0.15) is 10.0 Å². The Morgan fingerprint density at radius 3 is 2.71 bits per heavy atom. The number of nitro benzene ring substituents is 1. The Morgan fingerprint density at radius 2 is 2.06 bits per heavy atom. The summed E-state index contributed by atoms with van der Waals surface area (Å²) in [5, 5.41) is 18.8. The Morgan fingerprint density at radius 1 is 1.29 bits per heavy atom. The molecule has 1 N–H and O–H groups in total. The van der Waals surface area contributed by atoms with Crippen LogP contribution in [0.3, 0.4) is 0 Å². The van der Waals surface area contributed by atoms with E-state index in [1.54, 1.807) is 36.0 Å². The fourth-order valence-electron chi connectivity index (χ4n) is 3.08. The van der Waals surface area contributed by atoms with Gasteiger partial charge in [0.05, 0.1) is 22.1 Å². The maximum absolute atomic E-state index is 12.2. The van der Waals surface area contributed by atoms with Crippen LogP contribution in [-0.2, 0) is 4.79 Å². The molecule has 2 aromatic carbocycles. The van der Waals surface area contributed by atoms with Crippen molar-refractivity contribution in [3.05, 3.63) is 75.3 Å². The normalized spacial score (nSPS) is 14.7. The number of thiocarbonyl (C=S) groups is 1. The minimum atomic E-state index is -0.487. The molecule has 1 aliphatic rings. The summed E-state index contributed by atoms with van der Waals surface area (Å²) in [5.41, 5.74) is 2.32. The van der Waals surface area contributed by atoms with Crippen LogP contribution in [-0.4, -0.2) is 31.5 Å². The summed E-state index contributed by atoms with van der Waals surface area (Å²) >= 11 is 6.22. The van der Waals surface area contributed by atoms with Crippen molar-refractivity contribution in [2.24, 2.45) is 0 Å². The molecule has 0 radical (unpaired) electrons. The average molecular weight is 453 g/mol. The number of aromatic nitrogens is 2. The lowest BCUT2D eigenvalue weighted by Gasteiger charge is -2.06. The van der Waals surface area contributed by atoms with Crippen molar-refractivity contribution in [2.75, 3.05) is 6.61 Å². The van der Waals surface area contributed by atoms with Crippen molar-refractivity contribution in [3.63, 3.8) is 0 Å². The summed E-state index contributed by atoms with van der Waals surface area (Å²) in [6.45, 7) is 2.07. The number of amides is 1. The van der Waals surface area contributed by atoms with Gasteiger partial charge < -0.3 is 10.1 Å². The Bertz CT molecular complexity index is 1220. The molecule has 4 rings (SSSR count). The molecule has 0 bridgehead atoms. The van der Waals surface area contributed by atoms with Gasteiger partial charge in [-0.3, -0.25) is 14.9 Å². The molecule has 0 spiro atoms. The highest BCUT2D eigenvalue weighted by Gasteiger charge is 2.24. The molecule has 0 saturated carbocycles. The van der Waals surface area contributed by atoms with Crippen molar-refractivity contribution in [3.8, 4) is 22.7 Å². The molecule has 3 aromatic rings. The molecule has 0 atom stereocenters. The highest BCUT2D eigenvalue weighted by Crippen LogP contribution is 2.35. The zero-order valence-electron chi connectivity index (χ0n) is 16.3. The van der Waals surface area contributed by atoms with Gasteiger partial charge in [0, 0.05) is 23.4 Å². The van der Waals surface area contributed by atoms with E-state index in [9.17, 15) is 14.9 Å². The number of hydrogen-bond acceptors (Lipinski definition) is 7. The van der Waals surface area contributed by atoms with E-state index in [0.717, 1.165) is 17.4 Å². The predicted molar refractivity (Wildman–Crippen MR) is 123 cm³/mol. The summed E-state index contributed by atoms with van der Waals surface area (Å²) in [6, 6.07) is 14.1. The second kappa shape index (κ2) is 8.70. The van der Waals surface area contributed by atoms with Crippen LogP contribution >= 0.6 is 24.0 Å². The van der Waals surface area contributed by atoms with Crippen LogP contribution in [0, 0.1) is 10.1 Å². The minimum Gasteiger partial charge on any atom is -0.487 e. The topological polar surface area (TPSA) is 99.3 Å². The Hall–Kier alpha value is -3.50. The molecule has 10 heteroatoms. The molecular formula is C21H16N4O4S2.